The van der Waals surface area contributed by atoms with E-state index >= 15 is 0 Å². The number of rotatable bonds is 4. The molecule has 0 spiro atoms. The fourth-order valence-corrected chi connectivity index (χ4v) is 3.94. The summed E-state index contributed by atoms with van der Waals surface area (Å²) in [6, 6.07) is 10.0. The van der Waals surface area contributed by atoms with Gasteiger partial charge in [-0.3, -0.25) is 4.79 Å². The molecule has 3 heterocycles. The van der Waals surface area contributed by atoms with E-state index in [0.717, 1.165) is 23.0 Å². The fourth-order valence-electron chi connectivity index (χ4n) is 3.94. The number of carbonyl (C=O) groups is 1. The van der Waals surface area contributed by atoms with E-state index in [1.165, 1.54) is 25.9 Å². The van der Waals surface area contributed by atoms with Crippen molar-refractivity contribution in [1.29, 1.82) is 0 Å². The van der Waals surface area contributed by atoms with E-state index in [4.69, 9.17) is 4.74 Å². The maximum absolute atomic E-state index is 12.6. The molecule has 3 fully saturated rings. The molecule has 1 aromatic carbocycles. The Labute approximate surface area is 127 Å². The van der Waals surface area contributed by atoms with Crippen LogP contribution in [0.1, 0.15) is 37.7 Å². The quantitative estimate of drug-likeness (QED) is 0.629. The van der Waals surface area contributed by atoms with Crippen molar-refractivity contribution < 1.29 is 14.0 Å². The first-order chi connectivity index (χ1) is 10.1. The highest BCUT2D eigenvalue weighted by Gasteiger charge is 2.45. The highest BCUT2D eigenvalue weighted by Crippen LogP contribution is 2.35. The van der Waals surface area contributed by atoms with Crippen LogP contribution >= 0.6 is 0 Å². The lowest BCUT2D eigenvalue weighted by atomic mass is 9.83. The number of nitrogens with zero attached hydrogens (tertiary/aromatic N) is 1. The minimum absolute atomic E-state index is 0.0333. The molecule has 2 bridgehead atoms. The second-order valence-electron chi connectivity index (χ2n) is 6.93. The van der Waals surface area contributed by atoms with Crippen molar-refractivity contribution in [2.24, 2.45) is 5.92 Å². The molecule has 0 saturated carbocycles. The minimum Gasteiger partial charge on any atom is -0.456 e. The van der Waals surface area contributed by atoms with Gasteiger partial charge in [-0.15, -0.1) is 0 Å². The molecule has 0 aromatic heterocycles. The van der Waals surface area contributed by atoms with E-state index in [1.54, 1.807) is 0 Å². The first kappa shape index (κ1) is 14.6. The largest absolute Gasteiger partial charge is 0.456 e. The SMILES string of the molecule is CC[C@@H](C(=O)O[C@@H]1C[N+]2(C)CCC1CC2)c1ccccc1. The van der Waals surface area contributed by atoms with Gasteiger partial charge in [-0.1, -0.05) is 37.3 Å². The van der Waals surface area contributed by atoms with Crippen LogP contribution in [-0.2, 0) is 9.53 Å². The molecule has 0 radical (unpaired) electrons. The molecule has 2 atom stereocenters. The van der Waals surface area contributed by atoms with Crippen LogP contribution in [0.4, 0.5) is 0 Å². The van der Waals surface area contributed by atoms with Crippen molar-refractivity contribution in [3.05, 3.63) is 35.9 Å². The first-order valence-electron chi connectivity index (χ1n) is 8.20. The Bertz CT molecular complexity index is 491. The molecule has 0 N–H and O–H groups in total. The van der Waals surface area contributed by atoms with E-state index in [0.29, 0.717) is 5.92 Å². The van der Waals surface area contributed by atoms with Crippen molar-refractivity contribution in [2.45, 2.75) is 38.2 Å². The molecule has 3 aliphatic heterocycles. The fraction of sp³-hybridized carbons (Fsp3) is 0.611. The number of likely N-dealkylation sites (N-methyl/N-ethyl adjacent to an activating group) is 1. The van der Waals surface area contributed by atoms with Gasteiger partial charge in [-0.25, -0.2) is 0 Å². The molecule has 3 nitrogen and oxygen atoms in total. The number of esters is 1. The summed E-state index contributed by atoms with van der Waals surface area (Å²) in [7, 11) is 2.30. The number of hydrogen-bond acceptors (Lipinski definition) is 2. The number of piperidine rings is 3. The van der Waals surface area contributed by atoms with Crippen LogP contribution in [0.25, 0.3) is 0 Å². The molecule has 4 rings (SSSR count). The van der Waals surface area contributed by atoms with Crippen molar-refractivity contribution in [2.75, 3.05) is 26.7 Å². The average molecular weight is 288 g/mol. The van der Waals surface area contributed by atoms with Crippen molar-refractivity contribution in [3.63, 3.8) is 0 Å². The van der Waals surface area contributed by atoms with Crippen LogP contribution in [-0.4, -0.2) is 43.2 Å². The van der Waals surface area contributed by atoms with E-state index in [-0.39, 0.29) is 18.0 Å². The van der Waals surface area contributed by atoms with Gasteiger partial charge >= 0.3 is 5.97 Å². The third-order valence-electron chi connectivity index (χ3n) is 5.39. The van der Waals surface area contributed by atoms with Crippen molar-refractivity contribution in [3.8, 4) is 0 Å². The zero-order chi connectivity index (χ0) is 14.9. The van der Waals surface area contributed by atoms with Crippen molar-refractivity contribution in [1.82, 2.24) is 0 Å². The van der Waals surface area contributed by atoms with Gasteiger partial charge in [-0.05, 0) is 12.0 Å². The van der Waals surface area contributed by atoms with Crippen LogP contribution < -0.4 is 0 Å². The van der Waals surface area contributed by atoms with Gasteiger partial charge in [0.25, 0.3) is 0 Å². The van der Waals surface area contributed by atoms with Gasteiger partial charge in [0.2, 0.25) is 0 Å². The molecule has 114 valence electrons. The Balaban J connectivity index is 1.68. The van der Waals surface area contributed by atoms with Crippen LogP contribution in [0.15, 0.2) is 30.3 Å². The smallest absolute Gasteiger partial charge is 0.313 e. The van der Waals surface area contributed by atoms with Crippen molar-refractivity contribution >= 4 is 5.97 Å². The van der Waals surface area contributed by atoms with Gasteiger partial charge in [0.1, 0.15) is 6.54 Å². The van der Waals surface area contributed by atoms with Crippen LogP contribution in [0.5, 0.6) is 0 Å². The van der Waals surface area contributed by atoms with Gasteiger partial charge in [0.15, 0.2) is 6.10 Å². The minimum atomic E-state index is -0.119. The summed E-state index contributed by atoms with van der Waals surface area (Å²) in [5.41, 5.74) is 1.08. The zero-order valence-corrected chi connectivity index (χ0v) is 13.1. The molecule has 3 saturated heterocycles. The topological polar surface area (TPSA) is 26.3 Å². The van der Waals surface area contributed by atoms with E-state index in [2.05, 4.69) is 14.0 Å². The Kier molecular flexibility index (Phi) is 4.03. The number of quaternary nitrogens is 1. The molecular weight excluding hydrogens is 262 g/mol. The maximum atomic E-state index is 12.6. The highest BCUT2D eigenvalue weighted by molar-refractivity contribution is 5.78. The van der Waals surface area contributed by atoms with E-state index < -0.39 is 0 Å². The predicted molar refractivity (Wildman–Crippen MR) is 82.9 cm³/mol. The molecule has 3 aliphatic rings. The lowest BCUT2D eigenvalue weighted by Gasteiger charge is -2.49. The maximum Gasteiger partial charge on any atom is 0.313 e. The van der Waals surface area contributed by atoms with Crippen LogP contribution in [0.3, 0.4) is 0 Å². The number of ether oxygens (including phenoxy) is 1. The number of hydrogen-bond donors (Lipinski definition) is 0. The summed E-state index contributed by atoms with van der Waals surface area (Å²) in [6.45, 7) is 5.55. The molecule has 0 amide bonds. The molecule has 0 aliphatic carbocycles. The summed E-state index contributed by atoms with van der Waals surface area (Å²) in [6.07, 6.45) is 3.34. The normalized spacial score (nSPS) is 32.7. The first-order valence-corrected chi connectivity index (χ1v) is 8.20. The second kappa shape index (κ2) is 5.80. The summed E-state index contributed by atoms with van der Waals surface area (Å²) >= 11 is 0. The number of fused-ring (bicyclic) bond motifs is 3. The van der Waals surface area contributed by atoms with Gasteiger partial charge in [0, 0.05) is 18.8 Å². The third kappa shape index (κ3) is 2.98. The molecule has 3 heteroatoms. The summed E-state index contributed by atoms with van der Waals surface area (Å²) in [5, 5.41) is 0. The third-order valence-corrected chi connectivity index (χ3v) is 5.39. The lowest BCUT2D eigenvalue weighted by Crippen LogP contribution is -2.62. The number of carbonyl (C=O) groups excluding carboxylic acids is 1. The van der Waals surface area contributed by atoms with E-state index in [9.17, 15) is 4.79 Å². The van der Waals surface area contributed by atoms with Gasteiger partial charge in [-0.2, -0.15) is 0 Å². The summed E-state index contributed by atoms with van der Waals surface area (Å²) in [4.78, 5) is 12.6. The summed E-state index contributed by atoms with van der Waals surface area (Å²) < 4.78 is 7.02. The highest BCUT2D eigenvalue weighted by atomic mass is 16.5. The Hall–Kier alpha value is -1.35. The average Bonchev–Trinajstić information content (AvgIpc) is 2.49. The second-order valence-corrected chi connectivity index (χ2v) is 6.93. The molecular formula is C18H26NO2+. The molecule has 0 unspecified atom stereocenters. The van der Waals surface area contributed by atoms with Crippen LogP contribution in [0.2, 0.25) is 0 Å². The lowest BCUT2D eigenvalue weighted by molar-refractivity contribution is -0.928. The van der Waals surface area contributed by atoms with E-state index in [1.807, 2.05) is 30.3 Å². The molecule has 21 heavy (non-hydrogen) atoms. The Morgan fingerprint density at radius 2 is 1.95 bits per heavy atom. The predicted octanol–water partition coefficient (Wildman–Crippen LogP) is 2.96. The van der Waals surface area contributed by atoms with Gasteiger partial charge < -0.3 is 9.22 Å². The molecule has 1 aromatic rings. The summed E-state index contributed by atoms with van der Waals surface area (Å²) in [5.74, 6) is 0.434. The Morgan fingerprint density at radius 1 is 1.29 bits per heavy atom. The standard InChI is InChI=1S/C18H26NO2/c1-3-16(14-7-5-4-6-8-14)18(20)21-17-13-19(2)11-9-15(17)10-12-19/h4-8,15-17H,3,9-13H2,1-2H3/q+1/t15?,16-,17-,19?/m1/s1. The zero-order valence-electron chi connectivity index (χ0n) is 13.1. The number of benzene rings is 1. The Morgan fingerprint density at radius 3 is 2.52 bits per heavy atom. The van der Waals surface area contributed by atoms with Gasteiger partial charge in [0.05, 0.1) is 26.1 Å². The monoisotopic (exact) mass is 288 g/mol. The van der Waals surface area contributed by atoms with Crippen LogP contribution in [0, 0.1) is 5.92 Å².